The van der Waals surface area contributed by atoms with E-state index >= 15 is 0 Å². The number of carbonyl (C=O) groups excluding carboxylic acids is 1. The first kappa shape index (κ1) is 14.8. The highest BCUT2D eigenvalue weighted by Crippen LogP contribution is 2.31. The van der Waals surface area contributed by atoms with Gasteiger partial charge >= 0.3 is 0 Å². The largest absolute Gasteiger partial charge is 0.283 e. The molecule has 0 spiro atoms. The van der Waals surface area contributed by atoms with Crippen LogP contribution in [0.2, 0.25) is 0 Å². The van der Waals surface area contributed by atoms with Crippen molar-refractivity contribution >= 4 is 17.7 Å². The molecule has 1 aromatic rings. The molecule has 0 N–H and O–H groups in total. The van der Waals surface area contributed by atoms with Crippen LogP contribution in [0, 0.1) is 24.4 Å². The van der Waals surface area contributed by atoms with E-state index in [9.17, 15) is 18.0 Å². The van der Waals surface area contributed by atoms with Crippen LogP contribution in [0.1, 0.15) is 15.9 Å². The van der Waals surface area contributed by atoms with Crippen molar-refractivity contribution in [1.82, 2.24) is 5.06 Å². The van der Waals surface area contributed by atoms with Crippen molar-refractivity contribution in [3.8, 4) is 0 Å². The predicted octanol–water partition coefficient (Wildman–Crippen LogP) is 2.77. The highest BCUT2D eigenvalue weighted by atomic mass is 32.2. The normalized spacial score (nSPS) is 10.6. The summed E-state index contributed by atoms with van der Waals surface area (Å²) in [7, 11) is 2.34. The van der Waals surface area contributed by atoms with Crippen LogP contribution in [0.4, 0.5) is 13.2 Å². The number of hydroxylamine groups is 2. The molecule has 1 rings (SSSR count). The molecule has 100 valence electrons. The lowest BCUT2D eigenvalue weighted by molar-refractivity contribution is -0.0762. The minimum atomic E-state index is -1.50. The topological polar surface area (TPSA) is 29.5 Å². The number of amides is 1. The van der Waals surface area contributed by atoms with Gasteiger partial charge in [0, 0.05) is 12.6 Å². The van der Waals surface area contributed by atoms with Crippen molar-refractivity contribution in [3.63, 3.8) is 0 Å². The first-order valence-corrected chi connectivity index (χ1v) is 6.12. The molecule has 1 amide bonds. The molecule has 0 aliphatic rings. The molecular weight excluding hydrogens is 267 g/mol. The number of nitrogens with zero attached hydrogens (tertiary/aromatic N) is 1. The smallest absolute Gasteiger partial charge is 0.274 e. The first-order chi connectivity index (χ1) is 8.36. The summed E-state index contributed by atoms with van der Waals surface area (Å²) in [6.45, 7) is 1.28. The molecular formula is C11H12F3NO2S. The third kappa shape index (κ3) is 2.32. The van der Waals surface area contributed by atoms with E-state index in [1.54, 1.807) is 0 Å². The molecule has 0 bridgehead atoms. The summed E-state index contributed by atoms with van der Waals surface area (Å²) in [5.74, 6) is -4.89. The Bertz CT molecular complexity index is 465. The van der Waals surface area contributed by atoms with Gasteiger partial charge in [0.2, 0.25) is 0 Å². The zero-order chi connectivity index (χ0) is 14.0. The average molecular weight is 279 g/mol. The minimum Gasteiger partial charge on any atom is -0.274 e. The van der Waals surface area contributed by atoms with Gasteiger partial charge in [-0.25, -0.2) is 18.2 Å². The minimum absolute atomic E-state index is 0.103. The number of hydrogen-bond donors (Lipinski definition) is 0. The van der Waals surface area contributed by atoms with Crippen LogP contribution in [0.15, 0.2) is 4.90 Å². The monoisotopic (exact) mass is 279 g/mol. The van der Waals surface area contributed by atoms with E-state index in [-0.39, 0.29) is 10.5 Å². The Morgan fingerprint density at radius 3 is 2.22 bits per heavy atom. The lowest BCUT2D eigenvalue weighted by atomic mass is 10.1. The van der Waals surface area contributed by atoms with Crippen LogP contribution >= 0.6 is 11.8 Å². The molecule has 18 heavy (non-hydrogen) atoms. The summed E-state index contributed by atoms with van der Waals surface area (Å²) < 4.78 is 41.3. The summed E-state index contributed by atoms with van der Waals surface area (Å²) in [6, 6.07) is 0. The lowest BCUT2D eigenvalue weighted by Crippen LogP contribution is -2.28. The molecule has 0 saturated carbocycles. The molecule has 0 heterocycles. The van der Waals surface area contributed by atoms with Crippen molar-refractivity contribution in [2.75, 3.05) is 20.4 Å². The van der Waals surface area contributed by atoms with Crippen molar-refractivity contribution in [2.24, 2.45) is 0 Å². The third-order valence-corrected chi connectivity index (χ3v) is 3.37. The van der Waals surface area contributed by atoms with Crippen molar-refractivity contribution in [2.45, 2.75) is 11.8 Å². The van der Waals surface area contributed by atoms with E-state index in [2.05, 4.69) is 4.84 Å². The van der Waals surface area contributed by atoms with E-state index in [0.29, 0.717) is 5.06 Å². The van der Waals surface area contributed by atoms with Gasteiger partial charge in [0.25, 0.3) is 5.91 Å². The van der Waals surface area contributed by atoms with Gasteiger partial charge in [-0.3, -0.25) is 9.63 Å². The first-order valence-electron chi connectivity index (χ1n) is 4.90. The molecule has 0 atom stereocenters. The van der Waals surface area contributed by atoms with Crippen LogP contribution in [-0.4, -0.2) is 31.4 Å². The zero-order valence-corrected chi connectivity index (χ0v) is 11.1. The molecule has 7 heteroatoms. The van der Waals surface area contributed by atoms with Gasteiger partial charge < -0.3 is 0 Å². The second kappa shape index (κ2) is 5.62. The van der Waals surface area contributed by atoms with Gasteiger partial charge in [-0.2, -0.15) is 0 Å². The Morgan fingerprint density at radius 2 is 1.78 bits per heavy atom. The Hall–Kier alpha value is -1.21. The summed E-state index contributed by atoms with van der Waals surface area (Å²) >= 11 is 0.874. The second-order valence-electron chi connectivity index (χ2n) is 3.46. The van der Waals surface area contributed by atoms with E-state index in [1.807, 2.05) is 0 Å². The van der Waals surface area contributed by atoms with Crippen LogP contribution in [0.5, 0.6) is 0 Å². The lowest BCUT2D eigenvalue weighted by Gasteiger charge is -2.17. The molecule has 0 aliphatic carbocycles. The zero-order valence-electron chi connectivity index (χ0n) is 10.3. The molecule has 3 nitrogen and oxygen atoms in total. The molecule has 0 saturated heterocycles. The van der Waals surface area contributed by atoms with Crippen LogP contribution in [-0.2, 0) is 4.84 Å². The molecule has 0 aromatic heterocycles. The number of halogens is 3. The Kier molecular flexibility index (Phi) is 4.64. The SMILES string of the molecule is CON(C)C(=O)c1c(F)c(C)c(SC)c(F)c1F. The van der Waals surface area contributed by atoms with E-state index in [0.717, 1.165) is 18.9 Å². The van der Waals surface area contributed by atoms with E-state index in [4.69, 9.17) is 0 Å². The van der Waals surface area contributed by atoms with E-state index in [1.165, 1.54) is 20.2 Å². The summed E-state index contributed by atoms with van der Waals surface area (Å²) in [5.41, 5.74) is -1.05. The summed E-state index contributed by atoms with van der Waals surface area (Å²) in [6.07, 6.45) is 1.49. The fraction of sp³-hybridized carbons (Fsp3) is 0.364. The number of rotatable bonds is 3. The molecule has 1 aromatic carbocycles. The van der Waals surface area contributed by atoms with E-state index < -0.39 is 28.9 Å². The number of thioether (sulfide) groups is 1. The van der Waals surface area contributed by atoms with Crippen molar-refractivity contribution in [1.29, 1.82) is 0 Å². The fourth-order valence-corrected chi connectivity index (χ4v) is 2.09. The Balaban J connectivity index is 3.52. The Morgan fingerprint density at radius 1 is 1.22 bits per heavy atom. The summed E-state index contributed by atoms with van der Waals surface area (Å²) in [4.78, 5) is 16.1. The van der Waals surface area contributed by atoms with Crippen LogP contribution < -0.4 is 0 Å². The van der Waals surface area contributed by atoms with Gasteiger partial charge in [-0.05, 0) is 13.2 Å². The summed E-state index contributed by atoms with van der Waals surface area (Å²) in [5, 5.41) is 0.624. The molecule has 0 fully saturated rings. The Labute approximate surface area is 107 Å². The van der Waals surface area contributed by atoms with Crippen molar-refractivity contribution in [3.05, 3.63) is 28.6 Å². The van der Waals surface area contributed by atoms with Crippen molar-refractivity contribution < 1.29 is 22.8 Å². The number of hydrogen-bond acceptors (Lipinski definition) is 3. The standard InChI is InChI=1S/C11H12F3NO2S/c1-5-7(12)6(11(16)15(2)17-3)8(13)9(14)10(5)18-4/h1-4H3. The number of carbonyl (C=O) groups is 1. The van der Waals surface area contributed by atoms with Gasteiger partial charge in [0.15, 0.2) is 11.6 Å². The predicted molar refractivity (Wildman–Crippen MR) is 61.9 cm³/mol. The van der Waals surface area contributed by atoms with Gasteiger partial charge in [-0.1, -0.05) is 0 Å². The van der Waals surface area contributed by atoms with Gasteiger partial charge in [-0.15, -0.1) is 11.8 Å². The van der Waals surface area contributed by atoms with Gasteiger partial charge in [0.05, 0.1) is 12.0 Å². The quantitative estimate of drug-likeness (QED) is 0.484. The van der Waals surface area contributed by atoms with Gasteiger partial charge in [0.1, 0.15) is 11.4 Å². The fourth-order valence-electron chi connectivity index (χ4n) is 1.43. The number of benzene rings is 1. The van der Waals surface area contributed by atoms with Crippen LogP contribution in [0.3, 0.4) is 0 Å². The average Bonchev–Trinajstić information content (AvgIpc) is 2.36. The highest BCUT2D eigenvalue weighted by molar-refractivity contribution is 7.98. The van der Waals surface area contributed by atoms with Crippen LogP contribution in [0.25, 0.3) is 0 Å². The maximum absolute atomic E-state index is 13.9. The maximum Gasteiger partial charge on any atom is 0.283 e. The second-order valence-corrected chi connectivity index (χ2v) is 4.28. The maximum atomic E-state index is 13.9. The molecule has 0 unspecified atom stereocenters. The molecule has 0 radical (unpaired) electrons. The molecule has 0 aliphatic heterocycles. The highest BCUT2D eigenvalue weighted by Gasteiger charge is 2.28. The third-order valence-electron chi connectivity index (χ3n) is 2.48.